The second-order valence-electron chi connectivity index (χ2n) is 7.04. The number of fused-ring (bicyclic) bond motifs is 1. The Hall–Kier alpha value is -2.51. The number of benzene rings is 2. The number of aryl methyl sites for hydroxylation is 2. The van der Waals surface area contributed by atoms with Gasteiger partial charge in [-0.1, -0.05) is 60.1 Å². The van der Waals surface area contributed by atoms with Crippen molar-refractivity contribution in [2.24, 2.45) is 0 Å². The molecule has 2 N–H and O–H groups in total. The van der Waals surface area contributed by atoms with E-state index in [0.29, 0.717) is 15.9 Å². The Bertz CT molecular complexity index is 1000. The zero-order valence-corrected chi connectivity index (χ0v) is 17.8. The molecule has 4 rings (SSSR count). The first-order valence-corrected chi connectivity index (χ1v) is 10.8. The van der Waals surface area contributed by atoms with Crippen LogP contribution in [0.1, 0.15) is 36.3 Å². The molecule has 29 heavy (non-hydrogen) atoms. The lowest BCUT2D eigenvalue weighted by Gasteiger charge is -2.33. The number of carbonyl (C=O) groups excluding carboxylic acids is 1. The monoisotopic (exact) mass is 427 g/mol. The Morgan fingerprint density at radius 2 is 1.90 bits per heavy atom. The Morgan fingerprint density at radius 3 is 2.59 bits per heavy atom. The summed E-state index contributed by atoms with van der Waals surface area (Å²) in [5, 5.41) is 12.5. The van der Waals surface area contributed by atoms with Gasteiger partial charge in [0.05, 0.1) is 6.04 Å². The standard InChI is InChI=1S/C21H22ClN5OS/c1-3-4-17-24-25-21-27(17)26-18(14-7-5-13(2)6-8-14)19(29-21)20(28)23-16-11-9-15(22)10-12-16/h5-12,18-19,26H,3-4H2,1-2H3,(H,23,28)/t18-,19+/m0/s1. The van der Waals surface area contributed by atoms with Gasteiger partial charge < -0.3 is 10.7 Å². The molecule has 1 aliphatic heterocycles. The third-order valence-corrected chi connectivity index (χ3v) is 6.25. The minimum absolute atomic E-state index is 0.0957. The molecule has 0 unspecified atom stereocenters. The van der Waals surface area contributed by atoms with Gasteiger partial charge in [0, 0.05) is 17.1 Å². The first-order chi connectivity index (χ1) is 14.0. The van der Waals surface area contributed by atoms with Crippen LogP contribution in [0.25, 0.3) is 0 Å². The molecule has 0 spiro atoms. The number of halogens is 1. The average molecular weight is 428 g/mol. The van der Waals surface area contributed by atoms with Crippen molar-refractivity contribution in [1.82, 2.24) is 14.9 Å². The molecule has 0 saturated heterocycles. The molecule has 3 aromatic rings. The van der Waals surface area contributed by atoms with E-state index in [1.54, 1.807) is 24.3 Å². The molecule has 150 valence electrons. The fourth-order valence-corrected chi connectivity index (χ4v) is 4.48. The van der Waals surface area contributed by atoms with Crippen molar-refractivity contribution < 1.29 is 4.79 Å². The Balaban J connectivity index is 1.65. The van der Waals surface area contributed by atoms with Gasteiger partial charge >= 0.3 is 0 Å². The van der Waals surface area contributed by atoms with E-state index < -0.39 is 5.25 Å². The SMILES string of the molecule is CCCc1nnc2n1N[C@@H](c1ccc(C)cc1)[C@H](C(=O)Nc1ccc(Cl)cc1)S2. The summed E-state index contributed by atoms with van der Waals surface area (Å²) in [5.74, 6) is 0.783. The van der Waals surface area contributed by atoms with Crippen molar-refractivity contribution in [1.29, 1.82) is 0 Å². The molecule has 0 aliphatic carbocycles. The van der Waals surface area contributed by atoms with Crippen LogP contribution >= 0.6 is 23.4 Å². The topological polar surface area (TPSA) is 71.8 Å². The van der Waals surface area contributed by atoms with E-state index in [-0.39, 0.29) is 11.9 Å². The first kappa shape index (κ1) is 19.8. The summed E-state index contributed by atoms with van der Waals surface area (Å²) in [6, 6.07) is 15.1. The number of rotatable bonds is 5. The van der Waals surface area contributed by atoms with Crippen molar-refractivity contribution in [2.45, 2.75) is 43.1 Å². The first-order valence-electron chi connectivity index (χ1n) is 9.55. The van der Waals surface area contributed by atoms with E-state index in [1.807, 2.05) is 4.68 Å². The number of carbonyl (C=O) groups is 1. The number of nitrogens with one attached hydrogen (secondary N) is 2. The minimum atomic E-state index is -0.403. The zero-order chi connectivity index (χ0) is 20.4. The minimum Gasteiger partial charge on any atom is -0.325 e. The molecule has 1 aliphatic rings. The summed E-state index contributed by atoms with van der Waals surface area (Å²) in [6.45, 7) is 4.16. The number of amides is 1. The summed E-state index contributed by atoms with van der Waals surface area (Å²) in [4.78, 5) is 13.2. The summed E-state index contributed by atoms with van der Waals surface area (Å²) in [6.07, 6.45) is 1.79. The summed E-state index contributed by atoms with van der Waals surface area (Å²) >= 11 is 7.38. The van der Waals surface area contributed by atoms with Crippen molar-refractivity contribution >= 4 is 35.0 Å². The van der Waals surface area contributed by atoms with Gasteiger partial charge in [0.1, 0.15) is 5.25 Å². The fraction of sp³-hybridized carbons (Fsp3) is 0.286. The fourth-order valence-electron chi connectivity index (χ4n) is 3.25. The molecule has 2 heterocycles. The smallest absolute Gasteiger partial charge is 0.240 e. The van der Waals surface area contributed by atoms with Crippen LogP contribution in [0.5, 0.6) is 0 Å². The molecule has 0 fully saturated rings. The van der Waals surface area contributed by atoms with Crippen LogP contribution in [0.15, 0.2) is 53.7 Å². The Labute approximate surface area is 179 Å². The van der Waals surface area contributed by atoms with E-state index in [2.05, 4.69) is 59.1 Å². The van der Waals surface area contributed by atoms with Gasteiger partial charge in [-0.15, -0.1) is 10.2 Å². The second kappa shape index (κ2) is 8.47. The van der Waals surface area contributed by atoms with Crippen LogP contribution in [0, 0.1) is 6.92 Å². The third-order valence-electron chi connectivity index (χ3n) is 4.78. The zero-order valence-electron chi connectivity index (χ0n) is 16.2. The highest BCUT2D eigenvalue weighted by atomic mass is 35.5. The largest absolute Gasteiger partial charge is 0.325 e. The molecule has 1 amide bonds. The number of hydrogen-bond acceptors (Lipinski definition) is 5. The summed E-state index contributed by atoms with van der Waals surface area (Å²) in [7, 11) is 0. The number of aromatic nitrogens is 3. The van der Waals surface area contributed by atoms with Crippen LogP contribution in [-0.2, 0) is 11.2 Å². The van der Waals surface area contributed by atoms with Crippen molar-refractivity contribution in [2.75, 3.05) is 10.7 Å². The van der Waals surface area contributed by atoms with Crippen molar-refractivity contribution in [3.05, 3.63) is 70.5 Å². The lowest BCUT2D eigenvalue weighted by molar-refractivity contribution is -0.116. The van der Waals surface area contributed by atoms with Crippen molar-refractivity contribution in [3.63, 3.8) is 0 Å². The molecular formula is C21H22ClN5OS. The lowest BCUT2D eigenvalue weighted by Crippen LogP contribution is -2.41. The average Bonchev–Trinajstić information content (AvgIpc) is 3.11. The van der Waals surface area contributed by atoms with Gasteiger partial charge in [-0.2, -0.15) is 0 Å². The number of thioether (sulfide) groups is 1. The van der Waals surface area contributed by atoms with Gasteiger partial charge in [0.2, 0.25) is 11.1 Å². The van der Waals surface area contributed by atoms with E-state index >= 15 is 0 Å². The molecule has 2 aromatic carbocycles. The second-order valence-corrected chi connectivity index (χ2v) is 8.58. The Morgan fingerprint density at radius 1 is 1.17 bits per heavy atom. The van der Waals surface area contributed by atoms with Crippen LogP contribution in [-0.4, -0.2) is 26.0 Å². The van der Waals surface area contributed by atoms with Gasteiger partial charge in [-0.3, -0.25) is 4.79 Å². The molecule has 1 aromatic heterocycles. The predicted molar refractivity (Wildman–Crippen MR) is 117 cm³/mol. The lowest BCUT2D eigenvalue weighted by atomic mass is 10.0. The predicted octanol–water partition coefficient (Wildman–Crippen LogP) is 4.59. The van der Waals surface area contributed by atoms with E-state index in [4.69, 9.17) is 11.6 Å². The molecule has 0 radical (unpaired) electrons. The molecule has 0 bridgehead atoms. The van der Waals surface area contributed by atoms with Gasteiger partial charge in [-0.05, 0) is 43.2 Å². The number of anilines is 1. The molecule has 2 atom stereocenters. The van der Waals surface area contributed by atoms with Crippen LogP contribution < -0.4 is 10.7 Å². The molecular weight excluding hydrogens is 406 g/mol. The normalized spacial score (nSPS) is 18.0. The van der Waals surface area contributed by atoms with Gasteiger partial charge in [0.25, 0.3) is 0 Å². The number of hydrogen-bond donors (Lipinski definition) is 2. The molecule has 0 saturated carbocycles. The van der Waals surface area contributed by atoms with Crippen molar-refractivity contribution in [3.8, 4) is 0 Å². The maximum absolute atomic E-state index is 13.2. The quantitative estimate of drug-likeness (QED) is 0.623. The maximum Gasteiger partial charge on any atom is 0.240 e. The highest BCUT2D eigenvalue weighted by Crippen LogP contribution is 2.37. The molecule has 8 heteroatoms. The highest BCUT2D eigenvalue weighted by Gasteiger charge is 2.37. The van der Waals surface area contributed by atoms with Crippen LogP contribution in [0.4, 0.5) is 5.69 Å². The number of nitrogens with zero attached hydrogens (tertiary/aromatic N) is 3. The Kier molecular flexibility index (Phi) is 5.78. The van der Waals surface area contributed by atoms with E-state index in [0.717, 1.165) is 24.2 Å². The van der Waals surface area contributed by atoms with Crippen LogP contribution in [0.3, 0.4) is 0 Å². The van der Waals surface area contributed by atoms with E-state index in [1.165, 1.54) is 17.3 Å². The van der Waals surface area contributed by atoms with Gasteiger partial charge in [-0.25, -0.2) is 4.68 Å². The third kappa shape index (κ3) is 4.26. The maximum atomic E-state index is 13.2. The molecule has 6 nitrogen and oxygen atoms in total. The summed E-state index contributed by atoms with van der Waals surface area (Å²) < 4.78 is 1.92. The van der Waals surface area contributed by atoms with Gasteiger partial charge in [0.15, 0.2) is 5.82 Å². The van der Waals surface area contributed by atoms with Crippen LogP contribution in [0.2, 0.25) is 5.02 Å². The summed E-state index contributed by atoms with van der Waals surface area (Å²) in [5.41, 5.74) is 6.41. The van der Waals surface area contributed by atoms with E-state index in [9.17, 15) is 4.79 Å². The highest BCUT2D eigenvalue weighted by molar-refractivity contribution is 8.00.